The Kier molecular flexibility index (Phi) is 5.42. The molecule has 0 radical (unpaired) electrons. The molecule has 108 valence electrons. The summed E-state index contributed by atoms with van der Waals surface area (Å²) in [6.07, 6.45) is 0. The lowest BCUT2D eigenvalue weighted by Gasteiger charge is -2.13. The van der Waals surface area contributed by atoms with Gasteiger partial charge in [0.2, 0.25) is 0 Å². The van der Waals surface area contributed by atoms with Crippen LogP contribution in [0.25, 0.3) is 0 Å². The number of carbonyl (C=O) groups excluding carboxylic acids is 2. The average Bonchev–Trinajstić information content (AvgIpc) is 2.43. The van der Waals surface area contributed by atoms with Gasteiger partial charge in [-0.05, 0) is 12.1 Å². The molecular formula is C11H11ClN2O6. The maximum absolute atomic E-state index is 11.8. The summed E-state index contributed by atoms with van der Waals surface area (Å²) in [7, 11) is 1.10. The van der Waals surface area contributed by atoms with Gasteiger partial charge in [0.1, 0.15) is 5.02 Å². The third-order valence-electron chi connectivity index (χ3n) is 2.38. The van der Waals surface area contributed by atoms with E-state index >= 15 is 0 Å². The molecule has 20 heavy (non-hydrogen) atoms. The summed E-state index contributed by atoms with van der Waals surface area (Å²) in [6.45, 7) is -0.659. The number of nitrogens with one attached hydrogen (secondary N) is 1. The molecule has 0 aliphatic carbocycles. The topological polar surface area (TPSA) is 119 Å². The van der Waals surface area contributed by atoms with E-state index in [-0.39, 0.29) is 10.6 Å². The van der Waals surface area contributed by atoms with Crippen molar-refractivity contribution in [3.8, 4) is 0 Å². The van der Waals surface area contributed by atoms with Crippen LogP contribution in [0, 0.1) is 10.1 Å². The van der Waals surface area contributed by atoms with Crippen LogP contribution in [0.4, 0.5) is 5.69 Å². The lowest BCUT2D eigenvalue weighted by Crippen LogP contribution is -2.44. The van der Waals surface area contributed by atoms with Gasteiger partial charge in [0, 0.05) is 11.6 Å². The average molecular weight is 303 g/mol. The Bertz CT molecular complexity index is 548. The molecule has 0 saturated carbocycles. The number of halogens is 1. The molecule has 8 nitrogen and oxygen atoms in total. The molecule has 0 aliphatic heterocycles. The Morgan fingerprint density at radius 2 is 2.20 bits per heavy atom. The second kappa shape index (κ2) is 6.83. The molecular weight excluding hydrogens is 292 g/mol. The third kappa shape index (κ3) is 3.65. The fourth-order valence-corrected chi connectivity index (χ4v) is 1.54. The first-order valence-corrected chi connectivity index (χ1v) is 5.72. The molecule has 2 N–H and O–H groups in total. The van der Waals surface area contributed by atoms with Gasteiger partial charge < -0.3 is 15.2 Å². The number of nitro groups is 1. The van der Waals surface area contributed by atoms with Crippen molar-refractivity contribution in [1.82, 2.24) is 5.32 Å². The van der Waals surface area contributed by atoms with Gasteiger partial charge >= 0.3 is 5.97 Å². The van der Waals surface area contributed by atoms with E-state index in [0.717, 1.165) is 13.2 Å². The summed E-state index contributed by atoms with van der Waals surface area (Å²) >= 11 is 5.61. The van der Waals surface area contributed by atoms with Crippen LogP contribution in [0.5, 0.6) is 0 Å². The molecule has 0 fully saturated rings. The van der Waals surface area contributed by atoms with Crippen molar-refractivity contribution in [2.24, 2.45) is 0 Å². The Labute approximate surface area is 118 Å². The van der Waals surface area contributed by atoms with Gasteiger partial charge in [-0.2, -0.15) is 0 Å². The maximum Gasteiger partial charge on any atom is 0.330 e. The SMILES string of the molecule is COC(=O)C(CO)NC(=O)c1ccc(Cl)c([N+](=O)[O-])c1. The molecule has 0 spiro atoms. The highest BCUT2D eigenvalue weighted by atomic mass is 35.5. The van der Waals surface area contributed by atoms with Gasteiger partial charge in [-0.1, -0.05) is 11.6 Å². The van der Waals surface area contributed by atoms with Crippen LogP contribution in [0.15, 0.2) is 18.2 Å². The number of methoxy groups -OCH3 is 1. The quantitative estimate of drug-likeness (QED) is 0.465. The van der Waals surface area contributed by atoms with E-state index in [0.29, 0.717) is 0 Å². The predicted octanol–water partition coefficient (Wildman–Crippen LogP) is 0.512. The monoisotopic (exact) mass is 302 g/mol. The molecule has 1 amide bonds. The first-order chi connectivity index (χ1) is 9.40. The normalized spacial score (nSPS) is 11.6. The van der Waals surface area contributed by atoms with E-state index in [1.54, 1.807) is 0 Å². The van der Waals surface area contributed by atoms with Gasteiger partial charge in [0.15, 0.2) is 6.04 Å². The fraction of sp³-hybridized carbons (Fsp3) is 0.273. The maximum atomic E-state index is 11.8. The van der Waals surface area contributed by atoms with Crippen LogP contribution >= 0.6 is 11.6 Å². The van der Waals surface area contributed by atoms with Crippen LogP contribution in [-0.4, -0.2) is 41.7 Å². The summed E-state index contributed by atoms with van der Waals surface area (Å²) in [5.74, 6) is -1.60. The summed E-state index contributed by atoms with van der Waals surface area (Å²) < 4.78 is 4.38. The highest BCUT2D eigenvalue weighted by molar-refractivity contribution is 6.32. The van der Waals surface area contributed by atoms with Crippen LogP contribution in [0.3, 0.4) is 0 Å². The minimum Gasteiger partial charge on any atom is -0.467 e. The van der Waals surface area contributed by atoms with Gasteiger partial charge in [-0.15, -0.1) is 0 Å². The van der Waals surface area contributed by atoms with Crippen LogP contribution in [0.1, 0.15) is 10.4 Å². The summed E-state index contributed by atoms with van der Waals surface area (Å²) in [4.78, 5) is 33.0. The Morgan fingerprint density at radius 1 is 1.55 bits per heavy atom. The molecule has 0 aliphatic rings. The Balaban J connectivity index is 2.95. The van der Waals surface area contributed by atoms with Gasteiger partial charge in [-0.3, -0.25) is 14.9 Å². The highest BCUT2D eigenvalue weighted by Crippen LogP contribution is 2.25. The number of amides is 1. The Morgan fingerprint density at radius 3 is 2.70 bits per heavy atom. The van der Waals surface area contributed by atoms with E-state index < -0.39 is 35.1 Å². The van der Waals surface area contributed by atoms with Gasteiger partial charge in [0.25, 0.3) is 11.6 Å². The minimum absolute atomic E-state index is 0.0662. The number of esters is 1. The molecule has 1 unspecified atom stereocenters. The fourth-order valence-electron chi connectivity index (χ4n) is 1.36. The first kappa shape index (κ1) is 15.9. The summed E-state index contributed by atoms with van der Waals surface area (Å²) in [5.41, 5.74) is -0.499. The van der Waals surface area contributed by atoms with E-state index in [1.165, 1.54) is 12.1 Å². The van der Waals surface area contributed by atoms with Crippen LogP contribution in [0.2, 0.25) is 5.02 Å². The zero-order chi connectivity index (χ0) is 15.3. The number of aliphatic hydroxyl groups excluding tert-OH is 1. The molecule has 1 atom stereocenters. The second-order valence-electron chi connectivity index (χ2n) is 3.66. The number of nitrogens with zero attached hydrogens (tertiary/aromatic N) is 1. The van der Waals surface area contributed by atoms with Crippen molar-refractivity contribution in [1.29, 1.82) is 0 Å². The van der Waals surface area contributed by atoms with Crippen LogP contribution in [-0.2, 0) is 9.53 Å². The molecule has 1 aromatic carbocycles. The lowest BCUT2D eigenvalue weighted by atomic mass is 10.1. The van der Waals surface area contributed by atoms with Gasteiger partial charge in [0.05, 0.1) is 18.6 Å². The summed E-state index contributed by atoms with van der Waals surface area (Å²) in [5, 5.41) is 21.7. The van der Waals surface area contributed by atoms with E-state index in [2.05, 4.69) is 10.1 Å². The predicted molar refractivity (Wildman–Crippen MR) is 68.5 cm³/mol. The molecule has 9 heteroatoms. The largest absolute Gasteiger partial charge is 0.467 e. The van der Waals surface area contributed by atoms with Crippen LogP contribution < -0.4 is 5.32 Å². The first-order valence-electron chi connectivity index (χ1n) is 5.34. The van der Waals surface area contributed by atoms with Crippen molar-refractivity contribution in [2.45, 2.75) is 6.04 Å². The zero-order valence-electron chi connectivity index (χ0n) is 10.3. The molecule has 1 rings (SSSR count). The molecule has 0 saturated heterocycles. The number of aliphatic hydroxyl groups is 1. The number of carbonyl (C=O) groups is 2. The molecule has 1 aromatic rings. The minimum atomic E-state index is -1.25. The van der Waals surface area contributed by atoms with Crippen molar-refractivity contribution < 1.29 is 24.4 Å². The Hall–Kier alpha value is -2.19. The third-order valence-corrected chi connectivity index (χ3v) is 2.70. The molecule has 0 bridgehead atoms. The number of nitro benzene ring substituents is 1. The van der Waals surface area contributed by atoms with Gasteiger partial charge in [-0.25, -0.2) is 4.79 Å². The van der Waals surface area contributed by atoms with E-state index in [9.17, 15) is 19.7 Å². The standard InChI is InChI=1S/C11H11ClN2O6/c1-20-11(17)8(5-15)13-10(16)6-2-3-7(12)9(4-6)14(18)19/h2-4,8,15H,5H2,1H3,(H,13,16). The van der Waals surface area contributed by atoms with Crippen molar-refractivity contribution >= 4 is 29.2 Å². The van der Waals surface area contributed by atoms with E-state index in [1.807, 2.05) is 0 Å². The van der Waals surface area contributed by atoms with Crippen molar-refractivity contribution in [2.75, 3.05) is 13.7 Å². The number of benzene rings is 1. The highest BCUT2D eigenvalue weighted by Gasteiger charge is 2.23. The lowest BCUT2D eigenvalue weighted by molar-refractivity contribution is -0.384. The number of hydrogen-bond donors (Lipinski definition) is 2. The number of ether oxygens (including phenoxy) is 1. The van der Waals surface area contributed by atoms with E-state index in [4.69, 9.17) is 16.7 Å². The zero-order valence-corrected chi connectivity index (χ0v) is 11.1. The molecule has 0 aromatic heterocycles. The van der Waals surface area contributed by atoms with Crippen molar-refractivity contribution in [3.63, 3.8) is 0 Å². The summed E-state index contributed by atoms with van der Waals surface area (Å²) in [6, 6.07) is 2.18. The molecule has 0 heterocycles. The second-order valence-corrected chi connectivity index (χ2v) is 4.06. The smallest absolute Gasteiger partial charge is 0.330 e. The number of hydrogen-bond acceptors (Lipinski definition) is 6. The van der Waals surface area contributed by atoms with Crippen molar-refractivity contribution in [3.05, 3.63) is 38.9 Å². The number of rotatable bonds is 5.